The molecule has 0 saturated heterocycles. The zero-order valence-electron chi connectivity index (χ0n) is 11.3. The van der Waals surface area contributed by atoms with Gasteiger partial charge in [-0.1, -0.05) is 36.4 Å². The first-order chi connectivity index (χ1) is 9.61. The summed E-state index contributed by atoms with van der Waals surface area (Å²) in [6.45, 7) is 2.48. The molecule has 2 aromatic carbocycles. The van der Waals surface area contributed by atoms with E-state index in [4.69, 9.17) is 5.73 Å². The first-order valence-corrected chi connectivity index (χ1v) is 6.43. The molecular formula is C16H17FN2O. The lowest BCUT2D eigenvalue weighted by Gasteiger charge is -2.08. The van der Waals surface area contributed by atoms with Gasteiger partial charge in [0.05, 0.1) is 5.56 Å². The average molecular weight is 272 g/mol. The molecular weight excluding hydrogens is 255 g/mol. The molecule has 104 valence electrons. The monoisotopic (exact) mass is 272 g/mol. The Morgan fingerprint density at radius 2 is 1.80 bits per heavy atom. The average Bonchev–Trinajstić information content (AvgIpc) is 2.48. The van der Waals surface area contributed by atoms with E-state index in [0.29, 0.717) is 18.7 Å². The van der Waals surface area contributed by atoms with Gasteiger partial charge in [-0.3, -0.25) is 4.79 Å². The predicted octanol–water partition coefficient (Wildman–Crippen LogP) is 2.52. The van der Waals surface area contributed by atoms with Crippen LogP contribution in [0.3, 0.4) is 0 Å². The lowest BCUT2D eigenvalue weighted by Crippen LogP contribution is -2.24. The minimum Gasteiger partial charge on any atom is -0.348 e. The van der Waals surface area contributed by atoms with E-state index >= 15 is 0 Å². The molecule has 3 N–H and O–H groups in total. The normalized spacial score (nSPS) is 10.3. The van der Waals surface area contributed by atoms with Gasteiger partial charge in [0.25, 0.3) is 5.91 Å². The largest absolute Gasteiger partial charge is 0.348 e. The number of nitrogens with two attached hydrogens (primary N) is 1. The maximum Gasteiger partial charge on any atom is 0.254 e. The Labute approximate surface area is 117 Å². The van der Waals surface area contributed by atoms with Crippen LogP contribution in [0.2, 0.25) is 0 Å². The van der Waals surface area contributed by atoms with Gasteiger partial charge in [-0.05, 0) is 29.7 Å². The third-order valence-electron chi connectivity index (χ3n) is 3.15. The maximum absolute atomic E-state index is 13.8. The van der Waals surface area contributed by atoms with Gasteiger partial charge in [0.15, 0.2) is 0 Å². The summed E-state index contributed by atoms with van der Waals surface area (Å²) >= 11 is 0. The number of hydrogen-bond donors (Lipinski definition) is 2. The molecule has 0 atom stereocenters. The predicted molar refractivity (Wildman–Crippen MR) is 76.6 cm³/mol. The molecule has 2 rings (SSSR count). The summed E-state index contributed by atoms with van der Waals surface area (Å²) in [5.74, 6) is -0.877. The summed E-state index contributed by atoms with van der Waals surface area (Å²) in [6.07, 6.45) is 0. The van der Waals surface area contributed by atoms with Crippen molar-refractivity contribution in [3.05, 3.63) is 70.5 Å². The van der Waals surface area contributed by atoms with E-state index in [0.717, 1.165) is 11.1 Å². The quantitative estimate of drug-likeness (QED) is 0.898. The van der Waals surface area contributed by atoms with Gasteiger partial charge in [0.1, 0.15) is 5.82 Å². The van der Waals surface area contributed by atoms with E-state index < -0.39 is 11.7 Å². The van der Waals surface area contributed by atoms with Gasteiger partial charge >= 0.3 is 0 Å². The van der Waals surface area contributed by atoms with Crippen molar-refractivity contribution < 1.29 is 9.18 Å². The third-order valence-corrected chi connectivity index (χ3v) is 3.15. The zero-order chi connectivity index (χ0) is 14.5. The second-order valence-corrected chi connectivity index (χ2v) is 4.64. The number of nitrogens with one attached hydrogen (secondary N) is 1. The van der Waals surface area contributed by atoms with Gasteiger partial charge in [-0.25, -0.2) is 4.39 Å². The molecule has 0 fully saturated rings. The van der Waals surface area contributed by atoms with Crippen molar-refractivity contribution in [2.45, 2.75) is 20.0 Å². The number of aryl methyl sites for hydroxylation is 1. The topological polar surface area (TPSA) is 55.1 Å². The summed E-state index contributed by atoms with van der Waals surface area (Å²) in [5, 5.41) is 2.71. The van der Waals surface area contributed by atoms with Gasteiger partial charge in [-0.15, -0.1) is 0 Å². The standard InChI is InChI=1S/C16H17FN2O/c1-11-3-2-4-14(15(11)17)16(20)19-10-13-7-5-12(9-18)6-8-13/h2-8H,9-10,18H2,1H3,(H,19,20). The number of carbonyl (C=O) groups excluding carboxylic acids is 1. The van der Waals surface area contributed by atoms with E-state index in [1.165, 1.54) is 6.07 Å². The van der Waals surface area contributed by atoms with E-state index in [1.54, 1.807) is 19.1 Å². The van der Waals surface area contributed by atoms with Crippen molar-refractivity contribution in [1.82, 2.24) is 5.32 Å². The van der Waals surface area contributed by atoms with Crippen LogP contribution < -0.4 is 11.1 Å². The number of amides is 1. The smallest absolute Gasteiger partial charge is 0.254 e. The molecule has 0 aliphatic heterocycles. The highest BCUT2D eigenvalue weighted by Gasteiger charge is 2.12. The van der Waals surface area contributed by atoms with Crippen LogP contribution in [0.4, 0.5) is 4.39 Å². The van der Waals surface area contributed by atoms with E-state index in [2.05, 4.69) is 5.32 Å². The minimum absolute atomic E-state index is 0.0728. The Kier molecular flexibility index (Phi) is 4.48. The van der Waals surface area contributed by atoms with Crippen LogP contribution in [0, 0.1) is 12.7 Å². The fraction of sp³-hybridized carbons (Fsp3) is 0.188. The summed E-state index contributed by atoms with van der Waals surface area (Å²) in [7, 11) is 0. The first-order valence-electron chi connectivity index (χ1n) is 6.43. The van der Waals surface area contributed by atoms with Crippen LogP contribution in [0.25, 0.3) is 0 Å². The van der Waals surface area contributed by atoms with Crippen LogP contribution >= 0.6 is 0 Å². The molecule has 0 bridgehead atoms. The van der Waals surface area contributed by atoms with Crippen molar-refractivity contribution >= 4 is 5.91 Å². The highest BCUT2D eigenvalue weighted by molar-refractivity contribution is 5.94. The van der Waals surface area contributed by atoms with Crippen LogP contribution in [0.15, 0.2) is 42.5 Å². The zero-order valence-corrected chi connectivity index (χ0v) is 11.3. The molecule has 0 radical (unpaired) electrons. The number of benzene rings is 2. The molecule has 1 amide bonds. The Bertz CT molecular complexity index is 608. The third kappa shape index (κ3) is 3.22. The van der Waals surface area contributed by atoms with Crippen molar-refractivity contribution in [2.75, 3.05) is 0 Å². The summed E-state index contributed by atoms with van der Waals surface area (Å²) in [5.41, 5.74) is 8.03. The van der Waals surface area contributed by atoms with Crippen molar-refractivity contribution in [3.63, 3.8) is 0 Å². The lowest BCUT2D eigenvalue weighted by atomic mass is 10.1. The Balaban J connectivity index is 2.02. The molecule has 0 spiro atoms. The molecule has 4 heteroatoms. The second kappa shape index (κ2) is 6.30. The fourth-order valence-electron chi connectivity index (χ4n) is 1.89. The molecule has 0 unspecified atom stereocenters. The summed E-state index contributed by atoms with van der Waals surface area (Å²) in [4.78, 5) is 11.9. The summed E-state index contributed by atoms with van der Waals surface area (Å²) in [6, 6.07) is 12.4. The molecule has 0 aliphatic rings. The van der Waals surface area contributed by atoms with Crippen LogP contribution in [0.5, 0.6) is 0 Å². The Morgan fingerprint density at radius 3 is 2.45 bits per heavy atom. The molecule has 0 heterocycles. The lowest BCUT2D eigenvalue weighted by molar-refractivity contribution is 0.0946. The molecule has 0 saturated carbocycles. The highest BCUT2D eigenvalue weighted by Crippen LogP contribution is 2.12. The maximum atomic E-state index is 13.8. The molecule has 0 aliphatic carbocycles. The Hall–Kier alpha value is -2.20. The van der Waals surface area contributed by atoms with Crippen molar-refractivity contribution in [3.8, 4) is 0 Å². The van der Waals surface area contributed by atoms with Crippen molar-refractivity contribution in [2.24, 2.45) is 5.73 Å². The molecule has 20 heavy (non-hydrogen) atoms. The number of hydrogen-bond acceptors (Lipinski definition) is 2. The van der Waals surface area contributed by atoms with E-state index in [-0.39, 0.29) is 5.56 Å². The fourth-order valence-corrected chi connectivity index (χ4v) is 1.89. The van der Waals surface area contributed by atoms with Crippen LogP contribution in [-0.4, -0.2) is 5.91 Å². The minimum atomic E-state index is -0.469. The molecule has 2 aromatic rings. The highest BCUT2D eigenvalue weighted by atomic mass is 19.1. The van der Waals surface area contributed by atoms with Gasteiger partial charge < -0.3 is 11.1 Å². The van der Waals surface area contributed by atoms with Crippen LogP contribution in [-0.2, 0) is 13.1 Å². The second-order valence-electron chi connectivity index (χ2n) is 4.64. The van der Waals surface area contributed by atoms with Crippen LogP contribution in [0.1, 0.15) is 27.0 Å². The van der Waals surface area contributed by atoms with E-state index in [1.807, 2.05) is 24.3 Å². The summed E-state index contributed by atoms with van der Waals surface area (Å²) < 4.78 is 13.8. The van der Waals surface area contributed by atoms with E-state index in [9.17, 15) is 9.18 Å². The van der Waals surface area contributed by atoms with Crippen molar-refractivity contribution in [1.29, 1.82) is 0 Å². The van der Waals surface area contributed by atoms with Gasteiger partial charge in [0.2, 0.25) is 0 Å². The number of carbonyl (C=O) groups is 1. The number of halogens is 1. The van der Waals surface area contributed by atoms with Gasteiger partial charge in [-0.2, -0.15) is 0 Å². The SMILES string of the molecule is Cc1cccc(C(=O)NCc2ccc(CN)cc2)c1F. The number of rotatable bonds is 4. The first kappa shape index (κ1) is 14.2. The molecule has 3 nitrogen and oxygen atoms in total. The Morgan fingerprint density at radius 1 is 1.15 bits per heavy atom. The van der Waals surface area contributed by atoms with Gasteiger partial charge in [0, 0.05) is 13.1 Å². The molecule has 0 aromatic heterocycles.